The largest absolute Gasteiger partial charge is 0.508 e. The lowest BCUT2D eigenvalue weighted by molar-refractivity contribution is -0.140. The van der Waals surface area contributed by atoms with Crippen LogP contribution in [0.2, 0.25) is 0 Å². The van der Waals surface area contributed by atoms with Crippen LogP contribution in [0, 0.1) is 4.91 Å². The minimum Gasteiger partial charge on any atom is -0.508 e. The molecule has 2 rings (SSSR count). The fourth-order valence-corrected chi connectivity index (χ4v) is 3.46. The van der Waals surface area contributed by atoms with Gasteiger partial charge in [0.2, 0.25) is 0 Å². The highest BCUT2D eigenvalue weighted by Crippen LogP contribution is 2.32. The molecule has 1 N–H and O–H groups in total. The Bertz CT molecular complexity index is 704. The summed E-state index contributed by atoms with van der Waals surface area (Å²) in [6.45, 7) is 1.75. The van der Waals surface area contributed by atoms with E-state index in [2.05, 4.69) is 9.91 Å². The van der Waals surface area contributed by atoms with Crippen LogP contribution in [0.15, 0.2) is 46.5 Å². The van der Waals surface area contributed by atoms with Gasteiger partial charge in [0.15, 0.2) is 0 Å². The van der Waals surface area contributed by atoms with E-state index in [1.54, 1.807) is 19.1 Å². The van der Waals surface area contributed by atoms with E-state index in [4.69, 9.17) is 0 Å². The number of ether oxygens (including phenoxy) is 1. The molecule has 6 heteroatoms. The van der Waals surface area contributed by atoms with Gasteiger partial charge in [-0.1, -0.05) is 17.3 Å². The Morgan fingerprint density at radius 1 is 1.26 bits per heavy atom. The first kappa shape index (κ1) is 17.3. The van der Waals surface area contributed by atoms with Gasteiger partial charge < -0.3 is 9.84 Å². The summed E-state index contributed by atoms with van der Waals surface area (Å²) in [6.07, 6.45) is 0.785. The second kappa shape index (κ2) is 7.97. The van der Waals surface area contributed by atoms with Gasteiger partial charge in [0.05, 0.1) is 7.11 Å². The maximum Gasteiger partial charge on any atom is 0.305 e. The zero-order valence-corrected chi connectivity index (χ0v) is 13.9. The average Bonchev–Trinajstić information content (AvgIpc) is 2.57. The lowest BCUT2D eigenvalue weighted by Gasteiger charge is -2.18. The predicted molar refractivity (Wildman–Crippen MR) is 91.8 cm³/mol. The molecule has 0 bridgehead atoms. The number of aromatic hydroxyl groups is 1. The number of phenolic OH excluding ortho intramolecular Hbond substituents is 1. The van der Waals surface area contributed by atoms with Crippen molar-refractivity contribution in [3.05, 3.63) is 41.3 Å². The minimum absolute atomic E-state index is 0.0961. The van der Waals surface area contributed by atoms with Crippen molar-refractivity contribution in [3.8, 4) is 5.75 Å². The Morgan fingerprint density at radius 3 is 2.65 bits per heavy atom. The van der Waals surface area contributed by atoms with E-state index in [9.17, 15) is 14.8 Å². The first-order valence-electron chi connectivity index (χ1n) is 7.32. The minimum atomic E-state index is -0.403. The number of hydrogen-bond donors (Lipinski definition) is 1. The Balaban J connectivity index is 2.16. The first-order chi connectivity index (χ1) is 11.0. The highest BCUT2D eigenvalue weighted by Gasteiger charge is 2.21. The summed E-state index contributed by atoms with van der Waals surface area (Å²) in [7, 11) is 1.35. The van der Waals surface area contributed by atoms with Crippen molar-refractivity contribution in [1.82, 2.24) is 0 Å². The molecule has 0 saturated carbocycles. The molecule has 0 aliphatic carbocycles. The Hall–Kier alpha value is -2.08. The molecule has 23 heavy (non-hydrogen) atoms. The number of methoxy groups -OCH3 is 1. The Morgan fingerprint density at radius 2 is 1.96 bits per heavy atom. The predicted octanol–water partition coefficient (Wildman–Crippen LogP) is 4.11. The van der Waals surface area contributed by atoms with Crippen LogP contribution in [0.5, 0.6) is 5.75 Å². The van der Waals surface area contributed by atoms with Gasteiger partial charge in [-0.15, -0.1) is 11.8 Å². The fourth-order valence-electron chi connectivity index (χ4n) is 2.29. The molecule has 122 valence electrons. The standard InChI is InChI=1S/C17H19NO4S/c1-11(18-21)16(7-8-17(20)22-2)23-15-6-4-12-9-14(19)5-3-13(12)10-15/h3-6,9-11,16,19H,7-8H2,1-2H3. The average molecular weight is 333 g/mol. The quantitative estimate of drug-likeness (QED) is 0.469. The Kier molecular flexibility index (Phi) is 5.98. The molecule has 0 aliphatic rings. The zero-order chi connectivity index (χ0) is 16.8. The molecule has 0 fully saturated rings. The third-order valence-corrected chi connectivity index (χ3v) is 5.11. The second-order valence-electron chi connectivity index (χ2n) is 5.31. The molecular formula is C17H19NO4S. The van der Waals surface area contributed by atoms with Crippen molar-refractivity contribution in [3.63, 3.8) is 0 Å². The lowest BCUT2D eigenvalue weighted by atomic mass is 10.1. The summed E-state index contributed by atoms with van der Waals surface area (Å²) in [4.78, 5) is 23.2. The molecule has 0 saturated heterocycles. The van der Waals surface area contributed by atoms with E-state index >= 15 is 0 Å². The van der Waals surface area contributed by atoms with Gasteiger partial charge >= 0.3 is 5.97 Å². The first-order valence-corrected chi connectivity index (χ1v) is 8.20. The number of hydrogen-bond acceptors (Lipinski definition) is 6. The molecule has 0 aliphatic heterocycles. The molecule has 2 aromatic rings. The number of rotatable bonds is 7. The maximum atomic E-state index is 11.3. The Labute approximate surface area is 139 Å². The zero-order valence-electron chi connectivity index (χ0n) is 13.1. The lowest BCUT2D eigenvalue weighted by Crippen LogP contribution is -2.19. The van der Waals surface area contributed by atoms with Crippen LogP contribution < -0.4 is 0 Å². The highest BCUT2D eigenvalue weighted by atomic mass is 32.2. The van der Waals surface area contributed by atoms with E-state index in [0.717, 1.165) is 15.7 Å². The van der Waals surface area contributed by atoms with Crippen molar-refractivity contribution >= 4 is 28.5 Å². The topological polar surface area (TPSA) is 76.0 Å². The molecule has 2 atom stereocenters. The molecule has 0 spiro atoms. The van der Waals surface area contributed by atoms with E-state index in [-0.39, 0.29) is 23.4 Å². The van der Waals surface area contributed by atoms with Gasteiger partial charge in [0.1, 0.15) is 11.8 Å². The molecule has 0 amide bonds. The van der Waals surface area contributed by atoms with Gasteiger partial charge in [0, 0.05) is 16.6 Å². The van der Waals surface area contributed by atoms with Crippen LogP contribution in [-0.2, 0) is 9.53 Å². The van der Waals surface area contributed by atoms with E-state index in [1.807, 2.05) is 24.3 Å². The third-order valence-electron chi connectivity index (χ3n) is 3.65. The smallest absolute Gasteiger partial charge is 0.305 e. The molecular weight excluding hydrogens is 314 g/mol. The highest BCUT2D eigenvalue weighted by molar-refractivity contribution is 8.00. The number of phenols is 1. The second-order valence-corrected chi connectivity index (χ2v) is 6.62. The third kappa shape index (κ3) is 4.69. The van der Waals surface area contributed by atoms with Gasteiger partial charge in [-0.25, -0.2) is 0 Å². The summed E-state index contributed by atoms with van der Waals surface area (Å²) in [6, 6.07) is 10.7. The van der Waals surface area contributed by atoms with E-state index in [0.29, 0.717) is 6.42 Å². The molecule has 2 unspecified atom stereocenters. The van der Waals surface area contributed by atoms with Gasteiger partial charge in [-0.05, 0) is 48.4 Å². The normalized spacial score (nSPS) is 13.5. The van der Waals surface area contributed by atoms with Gasteiger partial charge in [0.25, 0.3) is 0 Å². The monoisotopic (exact) mass is 333 g/mol. The van der Waals surface area contributed by atoms with E-state index < -0.39 is 6.04 Å². The van der Waals surface area contributed by atoms with Crippen molar-refractivity contribution < 1.29 is 14.6 Å². The van der Waals surface area contributed by atoms with Gasteiger partial charge in [-0.3, -0.25) is 4.79 Å². The van der Waals surface area contributed by atoms with Crippen LogP contribution in [-0.4, -0.2) is 29.5 Å². The van der Waals surface area contributed by atoms with Crippen molar-refractivity contribution in [1.29, 1.82) is 0 Å². The van der Waals surface area contributed by atoms with Crippen LogP contribution >= 0.6 is 11.8 Å². The maximum absolute atomic E-state index is 11.3. The fraction of sp³-hybridized carbons (Fsp3) is 0.353. The van der Waals surface area contributed by atoms with Crippen molar-refractivity contribution in [2.75, 3.05) is 7.11 Å². The van der Waals surface area contributed by atoms with Crippen LogP contribution in [0.25, 0.3) is 10.8 Å². The molecule has 0 heterocycles. The molecule has 0 aromatic heterocycles. The molecule has 5 nitrogen and oxygen atoms in total. The summed E-state index contributed by atoms with van der Waals surface area (Å²) in [5, 5.41) is 14.5. The van der Waals surface area contributed by atoms with Crippen molar-refractivity contribution in [2.24, 2.45) is 5.18 Å². The number of carbonyl (C=O) groups excluding carboxylic acids is 1. The number of fused-ring (bicyclic) bond motifs is 1. The number of thioether (sulfide) groups is 1. The summed E-state index contributed by atoms with van der Waals surface area (Å²) in [5.74, 6) is -0.0599. The molecule has 2 aromatic carbocycles. The summed E-state index contributed by atoms with van der Waals surface area (Å²) >= 11 is 1.53. The summed E-state index contributed by atoms with van der Waals surface area (Å²) < 4.78 is 4.65. The number of carbonyl (C=O) groups is 1. The van der Waals surface area contributed by atoms with Crippen molar-refractivity contribution in [2.45, 2.75) is 36.0 Å². The number of nitrogens with zero attached hydrogens (tertiary/aromatic N) is 1. The number of nitroso groups, excluding NO2 is 1. The SMILES string of the molecule is COC(=O)CCC(Sc1ccc2cc(O)ccc2c1)C(C)N=O. The van der Waals surface area contributed by atoms with Crippen LogP contribution in [0.3, 0.4) is 0 Å². The number of benzene rings is 2. The molecule has 0 radical (unpaired) electrons. The summed E-state index contributed by atoms with van der Waals surface area (Å²) in [5.41, 5.74) is 0. The number of esters is 1. The van der Waals surface area contributed by atoms with Crippen LogP contribution in [0.4, 0.5) is 0 Å². The van der Waals surface area contributed by atoms with Gasteiger partial charge in [-0.2, -0.15) is 4.91 Å². The van der Waals surface area contributed by atoms with Crippen LogP contribution in [0.1, 0.15) is 19.8 Å². The van der Waals surface area contributed by atoms with E-state index in [1.165, 1.54) is 18.9 Å².